The van der Waals surface area contributed by atoms with Gasteiger partial charge in [0.2, 0.25) is 0 Å². The van der Waals surface area contributed by atoms with Gasteiger partial charge in [-0.15, -0.1) is 22.7 Å². The number of carbonyl (C=O) groups excluding carboxylic acids is 2. The van der Waals surface area contributed by atoms with E-state index in [1.54, 1.807) is 23.8 Å². The molecule has 1 unspecified atom stereocenters. The number of methoxy groups -OCH3 is 1. The van der Waals surface area contributed by atoms with Crippen LogP contribution in [0.4, 0.5) is 0 Å². The Morgan fingerprint density at radius 1 is 1.33 bits per heavy atom. The Kier molecular flexibility index (Phi) is 5.07. The van der Waals surface area contributed by atoms with Crippen LogP contribution in [0.5, 0.6) is 0 Å². The van der Waals surface area contributed by atoms with E-state index in [9.17, 15) is 9.59 Å². The number of aromatic nitrogens is 1. The van der Waals surface area contributed by atoms with Crippen molar-refractivity contribution in [2.24, 2.45) is 0 Å². The van der Waals surface area contributed by atoms with Gasteiger partial charge in [0.25, 0.3) is 5.91 Å². The molecule has 0 fully saturated rings. The van der Waals surface area contributed by atoms with Gasteiger partial charge in [-0.05, 0) is 23.6 Å². The second kappa shape index (κ2) is 7.41. The first-order valence-electron chi connectivity index (χ1n) is 7.08. The summed E-state index contributed by atoms with van der Waals surface area (Å²) in [7, 11) is 1.33. The first-order chi connectivity index (χ1) is 11.7. The zero-order valence-corrected chi connectivity index (χ0v) is 14.4. The number of hydrogen-bond acceptors (Lipinski definition) is 7. The highest BCUT2D eigenvalue weighted by molar-refractivity contribution is 7.13. The van der Waals surface area contributed by atoms with Crippen molar-refractivity contribution in [1.82, 2.24) is 10.3 Å². The summed E-state index contributed by atoms with van der Waals surface area (Å²) in [6.45, 7) is 0. The highest BCUT2D eigenvalue weighted by Gasteiger charge is 2.22. The third-order valence-electron chi connectivity index (χ3n) is 3.26. The smallest absolute Gasteiger partial charge is 0.307 e. The van der Waals surface area contributed by atoms with E-state index in [2.05, 4.69) is 10.3 Å². The number of thiophene rings is 1. The average Bonchev–Trinajstić information content (AvgIpc) is 3.35. The molecule has 124 valence electrons. The number of nitrogens with one attached hydrogen (secondary N) is 1. The van der Waals surface area contributed by atoms with Gasteiger partial charge in [-0.1, -0.05) is 6.07 Å². The molecule has 1 amide bonds. The normalized spacial score (nSPS) is 11.9. The Hall–Kier alpha value is -2.45. The number of furan rings is 1. The molecule has 3 aromatic heterocycles. The van der Waals surface area contributed by atoms with Gasteiger partial charge in [0.15, 0.2) is 10.8 Å². The van der Waals surface area contributed by atoms with Crippen molar-refractivity contribution in [2.45, 2.75) is 12.5 Å². The molecule has 3 aromatic rings. The van der Waals surface area contributed by atoms with Crippen molar-refractivity contribution in [3.05, 3.63) is 51.9 Å². The molecule has 3 rings (SSSR count). The molecule has 1 N–H and O–H groups in total. The van der Waals surface area contributed by atoms with Gasteiger partial charge in [-0.2, -0.15) is 0 Å². The van der Waals surface area contributed by atoms with E-state index in [1.165, 1.54) is 29.8 Å². The summed E-state index contributed by atoms with van der Waals surface area (Å²) in [5, 5.41) is 7.03. The lowest BCUT2D eigenvalue weighted by atomic mass is 10.1. The number of rotatable bonds is 6. The van der Waals surface area contributed by atoms with Crippen LogP contribution in [0, 0.1) is 0 Å². The Balaban J connectivity index is 1.74. The molecule has 24 heavy (non-hydrogen) atoms. The molecule has 0 aliphatic rings. The Bertz CT molecular complexity index is 809. The molecule has 0 aromatic carbocycles. The Labute approximate surface area is 146 Å². The van der Waals surface area contributed by atoms with Gasteiger partial charge in [0.05, 0.1) is 25.8 Å². The summed E-state index contributed by atoms with van der Waals surface area (Å²) in [6.07, 6.45) is 1.62. The van der Waals surface area contributed by atoms with Crippen molar-refractivity contribution in [2.75, 3.05) is 7.11 Å². The molecule has 0 saturated heterocycles. The van der Waals surface area contributed by atoms with Crippen molar-refractivity contribution in [3.8, 4) is 10.8 Å². The maximum absolute atomic E-state index is 12.5. The van der Waals surface area contributed by atoms with Gasteiger partial charge in [0.1, 0.15) is 5.69 Å². The minimum atomic E-state index is -0.446. The van der Waals surface area contributed by atoms with E-state index in [-0.39, 0.29) is 24.0 Å². The summed E-state index contributed by atoms with van der Waals surface area (Å²) < 4.78 is 9.98. The third kappa shape index (κ3) is 3.72. The fraction of sp³-hybridized carbons (Fsp3) is 0.188. The molecule has 0 radical (unpaired) electrons. The molecule has 0 spiro atoms. The van der Waals surface area contributed by atoms with Crippen LogP contribution in [-0.2, 0) is 9.53 Å². The predicted molar refractivity (Wildman–Crippen MR) is 91.0 cm³/mol. The van der Waals surface area contributed by atoms with Gasteiger partial charge in [0, 0.05) is 10.3 Å². The third-order valence-corrected chi connectivity index (χ3v) is 5.10. The number of esters is 1. The largest absolute Gasteiger partial charge is 0.469 e. The number of carbonyl (C=O) groups is 2. The molecule has 0 bridgehead atoms. The first kappa shape index (κ1) is 16.4. The van der Waals surface area contributed by atoms with Crippen molar-refractivity contribution >= 4 is 34.6 Å². The minimum Gasteiger partial charge on any atom is -0.469 e. The monoisotopic (exact) mass is 362 g/mol. The zero-order chi connectivity index (χ0) is 16.9. The van der Waals surface area contributed by atoms with Crippen LogP contribution in [0.2, 0.25) is 0 Å². The van der Waals surface area contributed by atoms with E-state index in [4.69, 9.17) is 9.15 Å². The summed E-state index contributed by atoms with van der Waals surface area (Å²) in [4.78, 5) is 29.2. The first-order valence-corrected chi connectivity index (χ1v) is 8.84. The van der Waals surface area contributed by atoms with Crippen molar-refractivity contribution < 1.29 is 18.7 Å². The average molecular weight is 362 g/mol. The van der Waals surface area contributed by atoms with Crippen LogP contribution >= 0.6 is 22.7 Å². The molecule has 0 aliphatic heterocycles. The number of hydrogen-bond donors (Lipinski definition) is 1. The SMILES string of the molecule is COC(=O)CC(NC(=O)c1csc(-c2ccco2)n1)c1cccs1. The number of amides is 1. The van der Waals surface area contributed by atoms with Crippen LogP contribution in [0.25, 0.3) is 10.8 Å². The number of thiazole rings is 1. The summed E-state index contributed by atoms with van der Waals surface area (Å²) in [6, 6.07) is 6.84. The maximum Gasteiger partial charge on any atom is 0.307 e. The topological polar surface area (TPSA) is 81.4 Å². The second-order valence-electron chi connectivity index (χ2n) is 4.84. The fourth-order valence-electron chi connectivity index (χ4n) is 2.09. The molecule has 0 aliphatic carbocycles. The van der Waals surface area contributed by atoms with E-state index in [0.717, 1.165) is 4.88 Å². The highest BCUT2D eigenvalue weighted by Crippen LogP contribution is 2.26. The van der Waals surface area contributed by atoms with Crippen molar-refractivity contribution in [1.29, 1.82) is 0 Å². The standard InChI is InChI=1S/C16H14N2O4S2/c1-21-14(19)8-10(13-5-3-7-23-13)17-15(20)11-9-24-16(18-11)12-4-2-6-22-12/h2-7,9-10H,8H2,1H3,(H,17,20). The molecule has 8 heteroatoms. The number of ether oxygens (including phenoxy) is 1. The Morgan fingerprint density at radius 3 is 2.88 bits per heavy atom. The van der Waals surface area contributed by atoms with Gasteiger partial charge < -0.3 is 14.5 Å². The van der Waals surface area contributed by atoms with Crippen LogP contribution in [0.15, 0.2) is 45.7 Å². The van der Waals surface area contributed by atoms with Crippen LogP contribution in [-0.4, -0.2) is 24.0 Å². The summed E-state index contributed by atoms with van der Waals surface area (Å²) >= 11 is 2.79. The highest BCUT2D eigenvalue weighted by atomic mass is 32.1. The van der Waals surface area contributed by atoms with Gasteiger partial charge >= 0.3 is 5.97 Å². The lowest BCUT2D eigenvalue weighted by molar-refractivity contribution is -0.141. The van der Waals surface area contributed by atoms with E-state index >= 15 is 0 Å². The summed E-state index contributed by atoms with van der Waals surface area (Å²) in [5.41, 5.74) is 0.290. The van der Waals surface area contributed by atoms with Crippen molar-refractivity contribution in [3.63, 3.8) is 0 Å². The lowest BCUT2D eigenvalue weighted by Gasteiger charge is -2.15. The molecular weight excluding hydrogens is 348 g/mol. The summed E-state index contributed by atoms with van der Waals surface area (Å²) in [5.74, 6) is -0.113. The Morgan fingerprint density at radius 2 is 2.21 bits per heavy atom. The zero-order valence-electron chi connectivity index (χ0n) is 12.7. The minimum absolute atomic E-state index is 0.0674. The molecule has 0 saturated carbocycles. The van der Waals surface area contributed by atoms with Crippen LogP contribution < -0.4 is 5.32 Å². The lowest BCUT2D eigenvalue weighted by Crippen LogP contribution is -2.30. The number of nitrogens with zero attached hydrogens (tertiary/aromatic N) is 1. The van der Waals surface area contributed by atoms with Gasteiger partial charge in [-0.3, -0.25) is 9.59 Å². The maximum atomic E-state index is 12.5. The molecule has 3 heterocycles. The quantitative estimate of drug-likeness (QED) is 0.679. The molecule has 6 nitrogen and oxygen atoms in total. The van der Waals surface area contributed by atoms with E-state index in [1.807, 2.05) is 17.5 Å². The molecular formula is C16H14N2O4S2. The van der Waals surface area contributed by atoms with E-state index in [0.29, 0.717) is 10.8 Å². The second-order valence-corrected chi connectivity index (χ2v) is 6.67. The van der Waals surface area contributed by atoms with Crippen LogP contribution in [0.1, 0.15) is 27.8 Å². The van der Waals surface area contributed by atoms with Crippen LogP contribution in [0.3, 0.4) is 0 Å². The predicted octanol–water partition coefficient (Wildman–Crippen LogP) is 3.50. The van der Waals surface area contributed by atoms with Gasteiger partial charge in [-0.25, -0.2) is 4.98 Å². The molecule has 1 atom stereocenters. The van der Waals surface area contributed by atoms with E-state index < -0.39 is 6.04 Å². The fourth-order valence-corrected chi connectivity index (χ4v) is 3.63.